The average Bonchev–Trinajstić information content (AvgIpc) is 3.00. The van der Waals surface area contributed by atoms with Crippen LogP contribution in [-0.4, -0.2) is 26.8 Å². The van der Waals surface area contributed by atoms with Crippen LogP contribution in [0.2, 0.25) is 0 Å². The van der Waals surface area contributed by atoms with Crippen molar-refractivity contribution in [1.29, 1.82) is 0 Å². The van der Waals surface area contributed by atoms with Crippen molar-refractivity contribution >= 4 is 23.4 Å². The van der Waals surface area contributed by atoms with Crippen LogP contribution in [0.15, 0.2) is 84.7 Å². The molecule has 3 aromatic rings. The highest BCUT2D eigenvalue weighted by atomic mass is 16.3. The summed E-state index contributed by atoms with van der Waals surface area (Å²) in [6.45, 7) is 0. The molecule has 1 amide bonds. The number of aromatic nitrogens is 2. The Morgan fingerprint density at radius 3 is 2.07 bits per heavy atom. The highest BCUT2D eigenvalue weighted by molar-refractivity contribution is 6.51. The van der Waals surface area contributed by atoms with E-state index < -0.39 is 17.7 Å². The Hall–Kier alpha value is -3.80. The predicted molar refractivity (Wildman–Crippen MR) is 99.7 cm³/mol. The quantitative estimate of drug-likeness (QED) is 0.442. The number of ketones is 1. The third kappa shape index (κ3) is 2.87. The Morgan fingerprint density at radius 1 is 0.852 bits per heavy atom. The summed E-state index contributed by atoms with van der Waals surface area (Å²) in [5.41, 5.74) is 1.16. The summed E-state index contributed by atoms with van der Waals surface area (Å²) < 4.78 is 0. The highest BCUT2D eigenvalue weighted by Gasteiger charge is 2.48. The van der Waals surface area contributed by atoms with Gasteiger partial charge < -0.3 is 5.11 Å². The molecule has 2 aromatic carbocycles. The smallest absolute Gasteiger partial charge is 0.302 e. The standard InChI is InChI=1S/C21H15N3O3/c25-18(15-10-5-2-6-11-15)16-17(14-8-3-1-4-9-14)24(20(27)19(16)26)21-22-12-7-13-23-21/h1-13,17,25H. The van der Waals surface area contributed by atoms with Crippen molar-refractivity contribution in [2.45, 2.75) is 6.04 Å². The Morgan fingerprint density at radius 2 is 1.44 bits per heavy atom. The Labute approximate surface area is 155 Å². The van der Waals surface area contributed by atoms with Crippen molar-refractivity contribution in [2.24, 2.45) is 0 Å². The first-order chi connectivity index (χ1) is 13.2. The van der Waals surface area contributed by atoms with Crippen LogP contribution in [0, 0.1) is 0 Å². The highest BCUT2D eigenvalue weighted by Crippen LogP contribution is 2.40. The lowest BCUT2D eigenvalue weighted by molar-refractivity contribution is -0.132. The fourth-order valence-electron chi connectivity index (χ4n) is 3.16. The van der Waals surface area contributed by atoms with Crippen molar-refractivity contribution in [1.82, 2.24) is 9.97 Å². The summed E-state index contributed by atoms with van der Waals surface area (Å²) in [6, 6.07) is 18.5. The van der Waals surface area contributed by atoms with Gasteiger partial charge in [-0.1, -0.05) is 60.7 Å². The average molecular weight is 357 g/mol. The first-order valence-corrected chi connectivity index (χ1v) is 8.37. The van der Waals surface area contributed by atoms with Crippen LogP contribution in [0.4, 0.5) is 5.95 Å². The first kappa shape index (κ1) is 16.7. The molecule has 132 valence electrons. The van der Waals surface area contributed by atoms with E-state index in [1.54, 1.807) is 42.5 Å². The van der Waals surface area contributed by atoms with Crippen molar-refractivity contribution in [3.8, 4) is 0 Å². The summed E-state index contributed by atoms with van der Waals surface area (Å²) in [6.07, 6.45) is 3.00. The van der Waals surface area contributed by atoms with Crippen molar-refractivity contribution in [2.75, 3.05) is 4.90 Å². The molecule has 1 fully saturated rings. The minimum Gasteiger partial charge on any atom is -0.507 e. The second kappa shape index (κ2) is 6.84. The lowest BCUT2D eigenvalue weighted by atomic mass is 9.95. The molecule has 1 saturated heterocycles. The van der Waals surface area contributed by atoms with Gasteiger partial charge in [-0.05, 0) is 11.6 Å². The maximum atomic E-state index is 12.8. The number of aliphatic hydroxyl groups is 1. The number of hydrogen-bond donors (Lipinski definition) is 1. The van der Waals surface area contributed by atoms with Gasteiger partial charge in [0, 0.05) is 18.0 Å². The van der Waals surface area contributed by atoms with Gasteiger partial charge in [-0.25, -0.2) is 9.97 Å². The summed E-state index contributed by atoms with van der Waals surface area (Å²) in [7, 11) is 0. The molecule has 0 spiro atoms. The molecule has 6 nitrogen and oxygen atoms in total. The number of hydrogen-bond acceptors (Lipinski definition) is 5. The van der Waals surface area contributed by atoms with E-state index in [9.17, 15) is 14.7 Å². The van der Waals surface area contributed by atoms with E-state index in [2.05, 4.69) is 9.97 Å². The molecular formula is C21H15N3O3. The summed E-state index contributed by atoms with van der Waals surface area (Å²) in [5, 5.41) is 10.8. The van der Waals surface area contributed by atoms with Gasteiger partial charge in [0.25, 0.3) is 5.78 Å². The second-order valence-electron chi connectivity index (χ2n) is 5.99. The van der Waals surface area contributed by atoms with Gasteiger partial charge in [-0.2, -0.15) is 0 Å². The number of anilines is 1. The van der Waals surface area contributed by atoms with E-state index in [1.165, 1.54) is 17.3 Å². The number of Topliss-reactive ketones (excluding diaryl/α,β-unsaturated/α-hetero) is 1. The van der Waals surface area contributed by atoms with Gasteiger partial charge >= 0.3 is 5.91 Å². The first-order valence-electron chi connectivity index (χ1n) is 8.37. The van der Waals surface area contributed by atoms with Crippen molar-refractivity contribution in [3.05, 3.63) is 95.8 Å². The van der Waals surface area contributed by atoms with E-state index in [-0.39, 0.29) is 17.3 Å². The van der Waals surface area contributed by atoms with Crippen LogP contribution in [-0.2, 0) is 9.59 Å². The fraction of sp³-hybridized carbons (Fsp3) is 0.0476. The van der Waals surface area contributed by atoms with Crippen LogP contribution in [0.1, 0.15) is 17.2 Å². The topological polar surface area (TPSA) is 83.4 Å². The van der Waals surface area contributed by atoms with Crippen LogP contribution in [0.25, 0.3) is 5.76 Å². The van der Waals surface area contributed by atoms with E-state index in [0.29, 0.717) is 11.1 Å². The number of amides is 1. The van der Waals surface area contributed by atoms with Gasteiger partial charge in [-0.3, -0.25) is 14.5 Å². The molecule has 1 aromatic heterocycles. The van der Waals surface area contributed by atoms with Gasteiger partial charge in [0.2, 0.25) is 5.95 Å². The Bertz CT molecular complexity index is 1020. The minimum atomic E-state index is -0.811. The second-order valence-corrected chi connectivity index (χ2v) is 5.99. The zero-order chi connectivity index (χ0) is 18.8. The third-order valence-corrected chi connectivity index (χ3v) is 4.37. The zero-order valence-corrected chi connectivity index (χ0v) is 14.2. The third-order valence-electron chi connectivity index (χ3n) is 4.37. The maximum Gasteiger partial charge on any atom is 0.302 e. The lowest BCUT2D eigenvalue weighted by Gasteiger charge is -2.23. The zero-order valence-electron chi connectivity index (χ0n) is 14.2. The molecule has 0 radical (unpaired) electrons. The van der Waals surface area contributed by atoms with E-state index >= 15 is 0 Å². The monoisotopic (exact) mass is 357 g/mol. The molecule has 27 heavy (non-hydrogen) atoms. The minimum absolute atomic E-state index is 0.0184. The molecule has 1 aliphatic rings. The SMILES string of the molecule is O=C1C(=O)N(c2ncccn2)C(c2ccccc2)C1=C(O)c1ccccc1. The number of carbonyl (C=O) groups excluding carboxylic acids is 2. The van der Waals surface area contributed by atoms with Gasteiger partial charge in [0.05, 0.1) is 11.6 Å². The number of carbonyl (C=O) groups is 2. The predicted octanol–water partition coefficient (Wildman–Crippen LogP) is 3.10. The van der Waals surface area contributed by atoms with Crippen LogP contribution < -0.4 is 4.90 Å². The van der Waals surface area contributed by atoms with Gasteiger partial charge in [-0.15, -0.1) is 0 Å². The molecule has 1 aliphatic heterocycles. The van der Waals surface area contributed by atoms with Gasteiger partial charge in [0.15, 0.2) is 0 Å². The molecule has 1 N–H and O–H groups in total. The van der Waals surface area contributed by atoms with Gasteiger partial charge in [0.1, 0.15) is 5.76 Å². The lowest BCUT2D eigenvalue weighted by Crippen LogP contribution is -2.31. The fourth-order valence-corrected chi connectivity index (χ4v) is 3.16. The summed E-state index contributed by atoms with van der Waals surface area (Å²) in [5.74, 6) is -1.65. The molecule has 1 atom stereocenters. The van der Waals surface area contributed by atoms with Crippen molar-refractivity contribution in [3.63, 3.8) is 0 Å². The molecule has 0 saturated carbocycles. The van der Waals surface area contributed by atoms with Crippen LogP contribution in [0.5, 0.6) is 0 Å². The maximum absolute atomic E-state index is 12.8. The number of benzene rings is 2. The molecule has 0 aliphatic carbocycles. The Kier molecular flexibility index (Phi) is 4.22. The molecular weight excluding hydrogens is 342 g/mol. The largest absolute Gasteiger partial charge is 0.507 e. The number of rotatable bonds is 3. The van der Waals surface area contributed by atoms with Crippen molar-refractivity contribution < 1.29 is 14.7 Å². The van der Waals surface area contributed by atoms with E-state index in [1.807, 2.05) is 24.3 Å². The van der Waals surface area contributed by atoms with E-state index in [0.717, 1.165) is 0 Å². The summed E-state index contributed by atoms with van der Waals surface area (Å²) >= 11 is 0. The Balaban J connectivity index is 1.95. The van der Waals surface area contributed by atoms with E-state index in [4.69, 9.17) is 0 Å². The molecule has 4 rings (SSSR count). The molecule has 0 bridgehead atoms. The number of nitrogens with zero attached hydrogens (tertiary/aromatic N) is 3. The molecule has 1 unspecified atom stereocenters. The van der Waals surface area contributed by atoms with Crippen LogP contribution >= 0.6 is 0 Å². The van der Waals surface area contributed by atoms with Crippen LogP contribution in [0.3, 0.4) is 0 Å². The molecule has 2 heterocycles. The normalized spacial score (nSPS) is 18.7. The summed E-state index contributed by atoms with van der Waals surface area (Å²) in [4.78, 5) is 35.1. The molecule has 6 heteroatoms. The number of aliphatic hydroxyl groups excluding tert-OH is 1.